The number of nitrogens with zero attached hydrogens (tertiary/aromatic N) is 3. The van der Waals surface area contributed by atoms with Gasteiger partial charge in [-0.15, -0.1) is 0 Å². The van der Waals surface area contributed by atoms with E-state index in [1.165, 1.54) is 0 Å². The van der Waals surface area contributed by atoms with Crippen molar-refractivity contribution in [3.63, 3.8) is 0 Å². The summed E-state index contributed by atoms with van der Waals surface area (Å²) in [4.78, 5) is 29.5. The Morgan fingerprint density at radius 3 is 3.00 bits per heavy atom. The molecule has 23 heavy (non-hydrogen) atoms. The van der Waals surface area contributed by atoms with Crippen LogP contribution in [0.25, 0.3) is 5.65 Å². The second kappa shape index (κ2) is 6.81. The molecule has 6 heteroatoms. The lowest BCUT2D eigenvalue weighted by Gasteiger charge is -2.32. The van der Waals surface area contributed by atoms with E-state index in [0.29, 0.717) is 25.3 Å². The number of aliphatic carboxylic acids is 1. The van der Waals surface area contributed by atoms with E-state index in [4.69, 9.17) is 5.11 Å². The van der Waals surface area contributed by atoms with Crippen molar-refractivity contribution in [2.24, 2.45) is 5.92 Å². The molecule has 1 amide bonds. The third-order valence-corrected chi connectivity index (χ3v) is 4.38. The summed E-state index contributed by atoms with van der Waals surface area (Å²) in [5.74, 6) is -0.392. The SMILES string of the molecule is O=C(O)CCC1CCCN(C(=O)Cc2cn3ccccc3n2)C1. The largest absolute Gasteiger partial charge is 0.481 e. The van der Waals surface area contributed by atoms with Crippen molar-refractivity contribution in [3.8, 4) is 0 Å². The van der Waals surface area contributed by atoms with Crippen molar-refractivity contribution in [2.75, 3.05) is 13.1 Å². The molecule has 1 aliphatic rings. The van der Waals surface area contributed by atoms with Gasteiger partial charge in [0.15, 0.2) is 0 Å². The maximum atomic E-state index is 12.5. The second-order valence-corrected chi connectivity index (χ2v) is 6.16. The van der Waals surface area contributed by atoms with Crippen LogP contribution in [0, 0.1) is 5.92 Å². The van der Waals surface area contributed by atoms with E-state index in [1.807, 2.05) is 39.9 Å². The zero-order chi connectivity index (χ0) is 16.2. The van der Waals surface area contributed by atoms with E-state index in [-0.39, 0.29) is 12.3 Å². The lowest BCUT2D eigenvalue weighted by molar-refractivity contribution is -0.137. The number of aromatic nitrogens is 2. The highest BCUT2D eigenvalue weighted by Crippen LogP contribution is 2.21. The van der Waals surface area contributed by atoms with Crippen molar-refractivity contribution in [2.45, 2.75) is 32.1 Å². The number of carbonyl (C=O) groups excluding carboxylic acids is 1. The van der Waals surface area contributed by atoms with Crippen LogP contribution >= 0.6 is 0 Å². The highest BCUT2D eigenvalue weighted by molar-refractivity contribution is 5.78. The number of hydrogen-bond acceptors (Lipinski definition) is 3. The zero-order valence-electron chi connectivity index (χ0n) is 13.0. The van der Waals surface area contributed by atoms with Crippen LogP contribution in [0.2, 0.25) is 0 Å². The second-order valence-electron chi connectivity index (χ2n) is 6.16. The highest BCUT2D eigenvalue weighted by atomic mass is 16.4. The van der Waals surface area contributed by atoms with Crippen LogP contribution < -0.4 is 0 Å². The average molecular weight is 315 g/mol. The summed E-state index contributed by atoms with van der Waals surface area (Å²) in [6.07, 6.45) is 6.88. The molecule has 1 aliphatic heterocycles. The number of hydrogen-bond donors (Lipinski definition) is 1. The van der Waals surface area contributed by atoms with Crippen molar-refractivity contribution in [1.29, 1.82) is 0 Å². The molecule has 6 nitrogen and oxygen atoms in total. The number of rotatable bonds is 5. The zero-order valence-corrected chi connectivity index (χ0v) is 13.0. The number of carboxylic acids is 1. The Bertz CT molecular complexity index is 677. The molecular formula is C17H21N3O3. The van der Waals surface area contributed by atoms with Crippen LogP contribution in [0.4, 0.5) is 0 Å². The molecule has 0 aromatic carbocycles. The predicted octanol–water partition coefficient (Wildman–Crippen LogP) is 1.98. The molecule has 1 saturated heterocycles. The average Bonchev–Trinajstić information content (AvgIpc) is 2.95. The third-order valence-electron chi connectivity index (χ3n) is 4.38. The first-order chi connectivity index (χ1) is 11.1. The first kappa shape index (κ1) is 15.5. The Kier molecular flexibility index (Phi) is 4.60. The van der Waals surface area contributed by atoms with Crippen LogP contribution in [-0.4, -0.2) is 44.4 Å². The quantitative estimate of drug-likeness (QED) is 0.915. The summed E-state index contributed by atoms with van der Waals surface area (Å²) >= 11 is 0. The van der Waals surface area contributed by atoms with Crippen LogP contribution in [0.1, 0.15) is 31.4 Å². The fourth-order valence-corrected chi connectivity index (χ4v) is 3.19. The van der Waals surface area contributed by atoms with Crippen molar-refractivity contribution >= 4 is 17.5 Å². The number of pyridine rings is 1. The maximum absolute atomic E-state index is 12.5. The smallest absolute Gasteiger partial charge is 0.303 e. The van der Waals surface area contributed by atoms with Gasteiger partial charge >= 0.3 is 5.97 Å². The molecular weight excluding hydrogens is 294 g/mol. The maximum Gasteiger partial charge on any atom is 0.303 e. The highest BCUT2D eigenvalue weighted by Gasteiger charge is 2.24. The van der Waals surface area contributed by atoms with Gasteiger partial charge in [-0.25, -0.2) is 4.98 Å². The molecule has 0 radical (unpaired) electrons. The van der Waals surface area contributed by atoms with Crippen LogP contribution in [-0.2, 0) is 16.0 Å². The van der Waals surface area contributed by atoms with E-state index in [9.17, 15) is 9.59 Å². The van der Waals surface area contributed by atoms with E-state index in [1.54, 1.807) is 0 Å². The number of imidazole rings is 1. The fourth-order valence-electron chi connectivity index (χ4n) is 3.19. The molecule has 1 unspecified atom stereocenters. The summed E-state index contributed by atoms with van der Waals surface area (Å²) in [7, 11) is 0. The van der Waals surface area contributed by atoms with Crippen molar-refractivity contribution in [1.82, 2.24) is 14.3 Å². The number of likely N-dealkylation sites (tertiary alicyclic amines) is 1. The third kappa shape index (κ3) is 3.88. The number of carbonyl (C=O) groups is 2. The minimum Gasteiger partial charge on any atom is -0.481 e. The lowest BCUT2D eigenvalue weighted by Crippen LogP contribution is -2.40. The summed E-state index contributed by atoms with van der Waals surface area (Å²) in [5.41, 5.74) is 1.61. The fraction of sp³-hybridized carbons (Fsp3) is 0.471. The molecule has 3 heterocycles. The van der Waals surface area contributed by atoms with Gasteiger partial charge in [-0.2, -0.15) is 0 Å². The molecule has 1 atom stereocenters. The molecule has 3 rings (SSSR count). The van der Waals surface area contributed by atoms with Gasteiger partial charge in [0, 0.05) is 31.9 Å². The van der Waals surface area contributed by atoms with Gasteiger partial charge < -0.3 is 14.4 Å². The van der Waals surface area contributed by atoms with E-state index >= 15 is 0 Å². The molecule has 2 aromatic rings. The molecule has 0 bridgehead atoms. The summed E-state index contributed by atoms with van der Waals surface area (Å²) < 4.78 is 1.91. The van der Waals surface area contributed by atoms with Gasteiger partial charge in [-0.05, 0) is 37.3 Å². The molecule has 1 fully saturated rings. The number of fused-ring (bicyclic) bond motifs is 1. The van der Waals surface area contributed by atoms with E-state index in [2.05, 4.69) is 4.98 Å². The number of carboxylic acid groups (broad SMARTS) is 1. The first-order valence-electron chi connectivity index (χ1n) is 8.04. The van der Waals surface area contributed by atoms with Gasteiger partial charge in [0.2, 0.25) is 5.91 Å². The van der Waals surface area contributed by atoms with Crippen molar-refractivity contribution in [3.05, 3.63) is 36.3 Å². The Morgan fingerprint density at radius 1 is 1.35 bits per heavy atom. The number of piperidine rings is 1. The Labute approximate surface area is 134 Å². The molecule has 1 N–H and O–H groups in total. The number of amides is 1. The molecule has 0 aliphatic carbocycles. The van der Waals surface area contributed by atoms with Gasteiger partial charge in [0.1, 0.15) is 5.65 Å². The van der Waals surface area contributed by atoms with E-state index in [0.717, 1.165) is 30.7 Å². The predicted molar refractivity (Wildman–Crippen MR) is 85.1 cm³/mol. The van der Waals surface area contributed by atoms with Gasteiger partial charge in [0.25, 0.3) is 0 Å². The Hall–Kier alpha value is -2.37. The standard InChI is InChI=1S/C17H21N3O3/c21-16(10-14-12-19-8-2-1-5-15(19)18-14)20-9-3-4-13(11-20)6-7-17(22)23/h1-2,5,8,12-13H,3-4,6-7,9-11H2,(H,22,23). The molecule has 2 aromatic heterocycles. The minimum absolute atomic E-state index is 0.0773. The molecule has 0 spiro atoms. The van der Waals surface area contributed by atoms with Crippen LogP contribution in [0.3, 0.4) is 0 Å². The van der Waals surface area contributed by atoms with Gasteiger partial charge in [0.05, 0.1) is 12.1 Å². The van der Waals surface area contributed by atoms with E-state index < -0.39 is 5.97 Å². The first-order valence-corrected chi connectivity index (χ1v) is 8.04. The van der Waals surface area contributed by atoms with Crippen LogP contribution in [0.15, 0.2) is 30.6 Å². The summed E-state index contributed by atoms with van der Waals surface area (Å²) in [6.45, 7) is 1.43. The van der Waals surface area contributed by atoms with Gasteiger partial charge in [-0.3, -0.25) is 9.59 Å². The van der Waals surface area contributed by atoms with Crippen LogP contribution in [0.5, 0.6) is 0 Å². The summed E-state index contributed by atoms with van der Waals surface area (Å²) in [5, 5.41) is 8.79. The van der Waals surface area contributed by atoms with Crippen molar-refractivity contribution < 1.29 is 14.7 Å². The minimum atomic E-state index is -0.766. The Balaban J connectivity index is 1.59. The normalized spacial score (nSPS) is 18.3. The topological polar surface area (TPSA) is 74.9 Å². The monoisotopic (exact) mass is 315 g/mol. The Morgan fingerprint density at radius 2 is 2.22 bits per heavy atom. The lowest BCUT2D eigenvalue weighted by atomic mass is 9.93. The molecule has 0 saturated carbocycles. The molecule has 122 valence electrons. The van der Waals surface area contributed by atoms with Gasteiger partial charge in [-0.1, -0.05) is 6.07 Å². The summed E-state index contributed by atoms with van der Waals surface area (Å²) in [6, 6.07) is 5.76.